The van der Waals surface area contributed by atoms with Gasteiger partial charge in [0.25, 0.3) is 0 Å². The summed E-state index contributed by atoms with van der Waals surface area (Å²) in [5.74, 6) is -0.462. The van der Waals surface area contributed by atoms with Crippen molar-refractivity contribution >= 4 is 23.4 Å². The normalized spacial score (nSPS) is 23.9. The first kappa shape index (κ1) is 19.1. The Labute approximate surface area is 158 Å². The second kappa shape index (κ2) is 7.55. The molecule has 2 heterocycles. The summed E-state index contributed by atoms with van der Waals surface area (Å²) in [6.45, 7) is 6.94. The van der Waals surface area contributed by atoms with Gasteiger partial charge in [0, 0.05) is 36.7 Å². The van der Waals surface area contributed by atoms with Crippen LogP contribution in [0, 0.1) is 5.92 Å². The maximum Gasteiger partial charge on any atom is 0.410 e. The van der Waals surface area contributed by atoms with E-state index >= 15 is 0 Å². The van der Waals surface area contributed by atoms with Crippen LogP contribution in [-0.2, 0) is 22.4 Å². The molecular formula is C19H28N2O4S. The number of nitrogens with zero attached hydrogens (tertiary/aromatic N) is 2. The molecule has 1 aromatic rings. The van der Waals surface area contributed by atoms with Gasteiger partial charge in [0.15, 0.2) is 0 Å². The standard InChI is InChI=1S/C19H28N2O4S/c1-19(2,3)25-18(24)21-10-8-14-15(9-11-21)26-16(20-14)12-4-6-13(7-5-12)17(22)23/h12-13H,4-11H2,1-3H3,(H,22,23)/t12-,13-. The van der Waals surface area contributed by atoms with Crippen LogP contribution in [-0.4, -0.2) is 45.7 Å². The number of fused-ring (bicyclic) bond motifs is 1. The predicted molar refractivity (Wildman–Crippen MR) is 99.7 cm³/mol. The minimum absolute atomic E-state index is 0.188. The van der Waals surface area contributed by atoms with Gasteiger partial charge in [-0.15, -0.1) is 11.3 Å². The Kier molecular flexibility index (Phi) is 5.55. The highest BCUT2D eigenvalue weighted by Crippen LogP contribution is 2.39. The molecule has 0 aromatic carbocycles. The Morgan fingerprint density at radius 3 is 2.42 bits per heavy atom. The first-order valence-electron chi connectivity index (χ1n) is 9.42. The van der Waals surface area contributed by atoms with Crippen LogP contribution < -0.4 is 0 Å². The van der Waals surface area contributed by atoms with Gasteiger partial charge in [-0.2, -0.15) is 0 Å². The van der Waals surface area contributed by atoms with Crippen LogP contribution in [0.2, 0.25) is 0 Å². The second-order valence-corrected chi connectivity index (χ2v) is 9.39. The van der Waals surface area contributed by atoms with Crippen LogP contribution >= 0.6 is 11.3 Å². The molecule has 1 aliphatic heterocycles. The first-order valence-corrected chi connectivity index (χ1v) is 10.2. The van der Waals surface area contributed by atoms with E-state index in [0.29, 0.717) is 19.0 Å². The highest BCUT2D eigenvalue weighted by molar-refractivity contribution is 7.11. The summed E-state index contributed by atoms with van der Waals surface area (Å²) in [5, 5.41) is 10.3. The molecule has 7 heteroatoms. The number of aliphatic carboxylic acids is 1. The van der Waals surface area contributed by atoms with E-state index in [1.54, 1.807) is 16.2 Å². The molecular weight excluding hydrogens is 352 g/mol. The lowest BCUT2D eigenvalue weighted by Gasteiger charge is -2.26. The van der Waals surface area contributed by atoms with Crippen molar-refractivity contribution in [1.82, 2.24) is 9.88 Å². The van der Waals surface area contributed by atoms with Crippen molar-refractivity contribution in [3.63, 3.8) is 0 Å². The highest BCUT2D eigenvalue weighted by Gasteiger charge is 2.30. The SMILES string of the molecule is CC(C)(C)OC(=O)N1CCc2nc([C@H]3CC[C@H](C(=O)O)CC3)sc2CC1. The summed E-state index contributed by atoms with van der Waals surface area (Å²) in [7, 11) is 0. The van der Waals surface area contributed by atoms with Crippen LogP contribution in [0.25, 0.3) is 0 Å². The van der Waals surface area contributed by atoms with Gasteiger partial charge >= 0.3 is 12.1 Å². The smallest absolute Gasteiger partial charge is 0.410 e. The second-order valence-electron chi connectivity index (χ2n) is 8.28. The number of carbonyl (C=O) groups is 2. The Morgan fingerprint density at radius 2 is 1.81 bits per heavy atom. The zero-order chi connectivity index (χ0) is 18.9. The highest BCUT2D eigenvalue weighted by atomic mass is 32.1. The van der Waals surface area contributed by atoms with E-state index in [1.165, 1.54) is 4.88 Å². The summed E-state index contributed by atoms with van der Waals surface area (Å²) in [6.07, 6.45) is 4.64. The van der Waals surface area contributed by atoms with E-state index in [4.69, 9.17) is 14.8 Å². The molecule has 1 saturated carbocycles. The summed E-state index contributed by atoms with van der Waals surface area (Å²) < 4.78 is 5.48. The monoisotopic (exact) mass is 380 g/mol. The molecule has 26 heavy (non-hydrogen) atoms. The fourth-order valence-corrected chi connectivity index (χ4v) is 4.92. The molecule has 1 fully saturated rings. The lowest BCUT2D eigenvalue weighted by molar-refractivity contribution is -0.142. The van der Waals surface area contributed by atoms with Gasteiger partial charge in [-0.05, 0) is 46.5 Å². The molecule has 0 radical (unpaired) electrons. The molecule has 0 bridgehead atoms. The molecule has 0 unspecified atom stereocenters. The third kappa shape index (κ3) is 4.55. The molecule has 144 valence electrons. The van der Waals surface area contributed by atoms with Crippen LogP contribution in [0.4, 0.5) is 4.79 Å². The lowest BCUT2D eigenvalue weighted by Crippen LogP contribution is -2.38. The largest absolute Gasteiger partial charge is 0.481 e. The van der Waals surface area contributed by atoms with Gasteiger partial charge in [0.05, 0.1) is 16.6 Å². The van der Waals surface area contributed by atoms with Gasteiger partial charge in [0.1, 0.15) is 5.60 Å². The van der Waals surface area contributed by atoms with E-state index in [1.807, 2.05) is 20.8 Å². The minimum atomic E-state index is -0.666. The molecule has 1 amide bonds. The Bertz CT molecular complexity index is 646. The predicted octanol–water partition coefficient (Wildman–Crippen LogP) is 3.84. The van der Waals surface area contributed by atoms with Gasteiger partial charge in [0.2, 0.25) is 0 Å². The number of hydrogen-bond acceptors (Lipinski definition) is 5. The molecule has 6 nitrogen and oxygen atoms in total. The van der Waals surface area contributed by atoms with Gasteiger partial charge < -0.3 is 14.7 Å². The molecule has 2 aliphatic rings. The number of ether oxygens (including phenoxy) is 1. The average molecular weight is 381 g/mol. The van der Waals surface area contributed by atoms with Crippen LogP contribution in [0.3, 0.4) is 0 Å². The number of thiazole rings is 1. The molecule has 1 aromatic heterocycles. The molecule has 0 saturated heterocycles. The summed E-state index contributed by atoms with van der Waals surface area (Å²) >= 11 is 1.75. The van der Waals surface area contributed by atoms with E-state index in [0.717, 1.165) is 49.2 Å². The molecule has 3 rings (SSSR count). The topological polar surface area (TPSA) is 79.7 Å². The average Bonchev–Trinajstić information content (AvgIpc) is 2.86. The molecule has 0 spiro atoms. The van der Waals surface area contributed by atoms with Crippen molar-refractivity contribution in [1.29, 1.82) is 0 Å². The Hall–Kier alpha value is -1.63. The lowest BCUT2D eigenvalue weighted by atomic mass is 9.82. The zero-order valence-corrected chi connectivity index (χ0v) is 16.6. The van der Waals surface area contributed by atoms with E-state index < -0.39 is 11.6 Å². The summed E-state index contributed by atoms with van der Waals surface area (Å²) in [4.78, 5) is 31.3. The Morgan fingerprint density at radius 1 is 1.15 bits per heavy atom. The number of carbonyl (C=O) groups excluding carboxylic acids is 1. The van der Waals surface area contributed by atoms with Gasteiger partial charge in [-0.3, -0.25) is 4.79 Å². The number of aromatic nitrogens is 1. The Balaban J connectivity index is 1.60. The van der Waals surface area contributed by atoms with Crippen LogP contribution in [0.1, 0.15) is 68.0 Å². The van der Waals surface area contributed by atoms with Crippen molar-refractivity contribution in [2.75, 3.05) is 13.1 Å². The van der Waals surface area contributed by atoms with Crippen LogP contribution in [0.5, 0.6) is 0 Å². The van der Waals surface area contributed by atoms with Crippen molar-refractivity contribution in [2.24, 2.45) is 5.92 Å². The maximum absolute atomic E-state index is 12.3. The van der Waals surface area contributed by atoms with Crippen molar-refractivity contribution in [3.8, 4) is 0 Å². The number of amides is 1. The minimum Gasteiger partial charge on any atom is -0.481 e. The number of hydrogen-bond donors (Lipinski definition) is 1. The first-order chi connectivity index (χ1) is 12.2. The molecule has 0 atom stereocenters. The number of carboxylic acids is 1. The molecule has 1 N–H and O–H groups in total. The fraction of sp³-hybridized carbons (Fsp3) is 0.737. The maximum atomic E-state index is 12.3. The quantitative estimate of drug-likeness (QED) is 0.843. The zero-order valence-electron chi connectivity index (χ0n) is 15.8. The third-order valence-electron chi connectivity index (χ3n) is 5.10. The molecule has 1 aliphatic carbocycles. The van der Waals surface area contributed by atoms with Crippen molar-refractivity contribution in [3.05, 3.63) is 15.6 Å². The van der Waals surface area contributed by atoms with Crippen molar-refractivity contribution < 1.29 is 19.4 Å². The number of rotatable bonds is 2. The van der Waals surface area contributed by atoms with E-state index in [-0.39, 0.29) is 12.0 Å². The van der Waals surface area contributed by atoms with Crippen molar-refractivity contribution in [2.45, 2.75) is 70.8 Å². The van der Waals surface area contributed by atoms with E-state index in [2.05, 4.69) is 0 Å². The van der Waals surface area contributed by atoms with E-state index in [9.17, 15) is 9.59 Å². The number of carboxylic acid groups (broad SMARTS) is 1. The third-order valence-corrected chi connectivity index (χ3v) is 6.42. The fourth-order valence-electron chi connectivity index (χ4n) is 3.65. The van der Waals surface area contributed by atoms with Crippen LogP contribution in [0.15, 0.2) is 0 Å². The van der Waals surface area contributed by atoms with Gasteiger partial charge in [-0.1, -0.05) is 0 Å². The van der Waals surface area contributed by atoms with Gasteiger partial charge in [-0.25, -0.2) is 9.78 Å². The summed E-state index contributed by atoms with van der Waals surface area (Å²) in [5.41, 5.74) is 0.630. The summed E-state index contributed by atoms with van der Waals surface area (Å²) in [6, 6.07) is 0.